The highest BCUT2D eigenvalue weighted by Crippen LogP contribution is 2.13. The van der Waals surface area contributed by atoms with E-state index in [-0.39, 0.29) is 23.9 Å². The Balaban J connectivity index is 1.43. The summed E-state index contributed by atoms with van der Waals surface area (Å²) in [4.78, 5) is 31.4. The number of benzene rings is 1. The van der Waals surface area contributed by atoms with Crippen LogP contribution in [0.3, 0.4) is 0 Å². The van der Waals surface area contributed by atoms with Gasteiger partial charge in [0.25, 0.3) is 0 Å². The molecular weight excluding hydrogens is 356 g/mol. The van der Waals surface area contributed by atoms with Crippen molar-refractivity contribution in [3.8, 4) is 0 Å². The van der Waals surface area contributed by atoms with Gasteiger partial charge in [0.2, 0.25) is 11.8 Å². The smallest absolute Gasteiger partial charge is 0.237 e. The minimum Gasteiger partial charge on any atom is -0.379 e. The molecule has 2 heterocycles. The monoisotopic (exact) mass is 388 g/mol. The lowest BCUT2D eigenvalue weighted by Gasteiger charge is -2.38. The summed E-state index contributed by atoms with van der Waals surface area (Å²) in [6.07, 6.45) is 0. The van der Waals surface area contributed by atoms with Crippen LogP contribution in [0, 0.1) is 0 Å². The SMILES string of the molecule is CC(NC(=O)C(C)N1CCN(C(=O)CN2CCOCC2)CC1)c1ccccc1. The van der Waals surface area contributed by atoms with Gasteiger partial charge in [-0.2, -0.15) is 0 Å². The van der Waals surface area contributed by atoms with Crippen molar-refractivity contribution in [1.82, 2.24) is 20.0 Å². The minimum atomic E-state index is -0.206. The molecule has 0 spiro atoms. The van der Waals surface area contributed by atoms with Crippen LogP contribution in [-0.4, -0.2) is 91.6 Å². The van der Waals surface area contributed by atoms with Crippen molar-refractivity contribution < 1.29 is 14.3 Å². The maximum atomic E-state index is 12.7. The minimum absolute atomic E-state index is 0.0208. The van der Waals surface area contributed by atoms with Crippen LogP contribution in [0.4, 0.5) is 0 Å². The van der Waals surface area contributed by atoms with Gasteiger partial charge in [-0.25, -0.2) is 0 Å². The molecule has 0 saturated carbocycles. The summed E-state index contributed by atoms with van der Waals surface area (Å²) in [5.41, 5.74) is 1.10. The summed E-state index contributed by atoms with van der Waals surface area (Å²) < 4.78 is 5.33. The number of nitrogens with zero attached hydrogens (tertiary/aromatic N) is 3. The lowest BCUT2D eigenvalue weighted by Crippen LogP contribution is -2.56. The highest BCUT2D eigenvalue weighted by molar-refractivity contribution is 5.82. The molecule has 1 aromatic rings. The van der Waals surface area contributed by atoms with E-state index < -0.39 is 0 Å². The Kier molecular flexibility index (Phi) is 7.42. The molecule has 0 radical (unpaired) electrons. The van der Waals surface area contributed by atoms with E-state index in [1.165, 1.54) is 0 Å². The fraction of sp³-hybridized carbons (Fsp3) is 0.619. The van der Waals surface area contributed by atoms with Crippen molar-refractivity contribution >= 4 is 11.8 Å². The number of hydrogen-bond donors (Lipinski definition) is 1. The summed E-state index contributed by atoms with van der Waals surface area (Å²) in [6, 6.07) is 9.75. The molecule has 2 unspecified atom stereocenters. The van der Waals surface area contributed by atoms with Crippen molar-refractivity contribution in [2.75, 3.05) is 59.0 Å². The van der Waals surface area contributed by atoms with Gasteiger partial charge in [0.1, 0.15) is 0 Å². The molecule has 2 fully saturated rings. The van der Waals surface area contributed by atoms with Crippen LogP contribution in [-0.2, 0) is 14.3 Å². The zero-order valence-electron chi connectivity index (χ0n) is 17.0. The molecule has 3 rings (SSSR count). The van der Waals surface area contributed by atoms with Crippen LogP contribution >= 0.6 is 0 Å². The van der Waals surface area contributed by atoms with Gasteiger partial charge in [-0.3, -0.25) is 19.4 Å². The molecule has 2 amide bonds. The van der Waals surface area contributed by atoms with Crippen LogP contribution in [0.1, 0.15) is 25.5 Å². The van der Waals surface area contributed by atoms with E-state index in [4.69, 9.17) is 4.74 Å². The third-order valence-electron chi connectivity index (χ3n) is 5.72. The third kappa shape index (κ3) is 5.53. The molecule has 1 N–H and O–H groups in total. The Bertz CT molecular complexity index is 640. The van der Waals surface area contributed by atoms with E-state index in [0.29, 0.717) is 32.8 Å². The zero-order chi connectivity index (χ0) is 19.9. The molecule has 2 aliphatic heterocycles. The molecule has 7 heteroatoms. The van der Waals surface area contributed by atoms with Crippen molar-refractivity contribution in [3.63, 3.8) is 0 Å². The van der Waals surface area contributed by atoms with Crippen LogP contribution in [0.5, 0.6) is 0 Å². The first kappa shape index (κ1) is 20.8. The molecule has 0 aromatic heterocycles. The van der Waals surface area contributed by atoms with Gasteiger partial charge < -0.3 is 15.0 Å². The molecule has 2 saturated heterocycles. The van der Waals surface area contributed by atoms with E-state index in [1.807, 2.05) is 49.1 Å². The van der Waals surface area contributed by atoms with E-state index >= 15 is 0 Å². The van der Waals surface area contributed by atoms with Crippen LogP contribution in [0.15, 0.2) is 30.3 Å². The Morgan fingerprint density at radius 2 is 1.64 bits per heavy atom. The molecule has 0 aliphatic carbocycles. The van der Waals surface area contributed by atoms with E-state index in [2.05, 4.69) is 15.1 Å². The van der Waals surface area contributed by atoms with Gasteiger partial charge in [-0.05, 0) is 19.4 Å². The number of rotatable bonds is 6. The van der Waals surface area contributed by atoms with E-state index in [1.54, 1.807) is 0 Å². The number of nitrogens with one attached hydrogen (secondary N) is 1. The molecule has 2 aliphatic rings. The maximum absolute atomic E-state index is 12.7. The number of carbonyl (C=O) groups is 2. The zero-order valence-corrected chi connectivity index (χ0v) is 17.0. The van der Waals surface area contributed by atoms with Crippen LogP contribution < -0.4 is 5.32 Å². The molecule has 7 nitrogen and oxygen atoms in total. The molecule has 154 valence electrons. The second-order valence-electron chi connectivity index (χ2n) is 7.62. The Morgan fingerprint density at radius 1 is 1.00 bits per heavy atom. The quantitative estimate of drug-likeness (QED) is 0.778. The second-order valence-corrected chi connectivity index (χ2v) is 7.62. The van der Waals surface area contributed by atoms with Gasteiger partial charge in [-0.15, -0.1) is 0 Å². The fourth-order valence-electron chi connectivity index (χ4n) is 3.73. The lowest BCUT2D eigenvalue weighted by atomic mass is 10.1. The van der Waals surface area contributed by atoms with Gasteiger partial charge in [-0.1, -0.05) is 30.3 Å². The molecular formula is C21H32N4O3. The largest absolute Gasteiger partial charge is 0.379 e. The van der Waals surface area contributed by atoms with Crippen molar-refractivity contribution in [2.45, 2.75) is 25.9 Å². The summed E-state index contributed by atoms with van der Waals surface area (Å²) in [7, 11) is 0. The standard InChI is InChI=1S/C21H32N4O3/c1-17(19-6-4-3-5-7-19)22-21(27)18(2)24-8-10-25(11-9-24)20(26)16-23-12-14-28-15-13-23/h3-7,17-18H,8-16H2,1-2H3,(H,22,27). The van der Waals surface area contributed by atoms with Gasteiger partial charge in [0, 0.05) is 39.3 Å². The third-order valence-corrected chi connectivity index (χ3v) is 5.72. The Morgan fingerprint density at radius 3 is 2.29 bits per heavy atom. The molecule has 0 bridgehead atoms. The van der Waals surface area contributed by atoms with Crippen molar-refractivity contribution in [1.29, 1.82) is 0 Å². The predicted molar refractivity (Wildman–Crippen MR) is 108 cm³/mol. The first-order valence-corrected chi connectivity index (χ1v) is 10.2. The average molecular weight is 389 g/mol. The predicted octanol–water partition coefficient (Wildman–Crippen LogP) is 0.729. The number of amides is 2. The number of hydrogen-bond acceptors (Lipinski definition) is 5. The van der Waals surface area contributed by atoms with Crippen LogP contribution in [0.25, 0.3) is 0 Å². The number of carbonyl (C=O) groups excluding carboxylic acids is 2. The highest BCUT2D eigenvalue weighted by Gasteiger charge is 2.28. The van der Waals surface area contributed by atoms with E-state index in [9.17, 15) is 9.59 Å². The van der Waals surface area contributed by atoms with Crippen molar-refractivity contribution in [3.05, 3.63) is 35.9 Å². The highest BCUT2D eigenvalue weighted by atomic mass is 16.5. The molecule has 2 atom stereocenters. The number of piperazine rings is 1. The summed E-state index contributed by atoms with van der Waals surface area (Å²) in [6.45, 7) is 10.3. The topological polar surface area (TPSA) is 65.1 Å². The molecule has 1 aromatic carbocycles. The maximum Gasteiger partial charge on any atom is 0.237 e. The normalized spacial score (nSPS) is 21.1. The van der Waals surface area contributed by atoms with Gasteiger partial charge in [0.05, 0.1) is 31.8 Å². The van der Waals surface area contributed by atoms with Gasteiger partial charge >= 0.3 is 0 Å². The second kappa shape index (κ2) is 10.0. The number of morpholine rings is 1. The van der Waals surface area contributed by atoms with Gasteiger partial charge in [0.15, 0.2) is 0 Å². The van der Waals surface area contributed by atoms with Crippen LogP contribution in [0.2, 0.25) is 0 Å². The lowest BCUT2D eigenvalue weighted by molar-refractivity contribution is -0.136. The molecule has 28 heavy (non-hydrogen) atoms. The Hall–Kier alpha value is -1.96. The first-order valence-electron chi connectivity index (χ1n) is 10.2. The average Bonchev–Trinajstić information content (AvgIpc) is 2.74. The van der Waals surface area contributed by atoms with Crippen molar-refractivity contribution in [2.24, 2.45) is 0 Å². The summed E-state index contributed by atoms with van der Waals surface area (Å²) in [5.74, 6) is 0.209. The fourth-order valence-corrected chi connectivity index (χ4v) is 3.73. The first-order chi connectivity index (χ1) is 13.5. The summed E-state index contributed by atoms with van der Waals surface area (Å²) >= 11 is 0. The Labute approximate surface area is 167 Å². The van der Waals surface area contributed by atoms with E-state index in [0.717, 1.165) is 31.7 Å². The summed E-state index contributed by atoms with van der Waals surface area (Å²) in [5, 5.41) is 3.10. The number of ether oxygens (including phenoxy) is 1.